The Labute approximate surface area is 249 Å². The highest BCUT2D eigenvalue weighted by Gasteiger charge is 2.40. The first-order chi connectivity index (χ1) is 19.6. The summed E-state index contributed by atoms with van der Waals surface area (Å²) in [5.41, 5.74) is -2.07. The van der Waals surface area contributed by atoms with Crippen molar-refractivity contribution in [2.45, 2.75) is 76.0 Å². The number of aromatic nitrogens is 3. The van der Waals surface area contributed by atoms with Crippen LogP contribution >= 0.6 is 23.4 Å². The molecular formula is C28H31ClF3N5O4S. The number of thioether (sulfide) groups is 1. The van der Waals surface area contributed by atoms with Crippen molar-refractivity contribution in [1.29, 1.82) is 0 Å². The van der Waals surface area contributed by atoms with Crippen LogP contribution in [0.3, 0.4) is 0 Å². The predicted molar refractivity (Wildman–Crippen MR) is 155 cm³/mol. The Bertz CT molecular complexity index is 1550. The highest BCUT2D eigenvalue weighted by atomic mass is 35.5. The van der Waals surface area contributed by atoms with E-state index in [1.807, 2.05) is 13.8 Å². The highest BCUT2D eigenvalue weighted by molar-refractivity contribution is 7.99. The molecule has 0 unspecified atom stereocenters. The van der Waals surface area contributed by atoms with Gasteiger partial charge < -0.3 is 14.4 Å². The fraction of sp³-hybridized carbons (Fsp3) is 0.500. The van der Waals surface area contributed by atoms with Crippen LogP contribution in [0.5, 0.6) is 5.88 Å². The molecule has 2 aliphatic heterocycles. The first-order valence-corrected chi connectivity index (χ1v) is 14.8. The third kappa shape index (κ3) is 5.98. The number of ether oxygens (including phenoxy) is 2. The lowest BCUT2D eigenvalue weighted by molar-refractivity contribution is -0.137. The van der Waals surface area contributed by atoms with Crippen molar-refractivity contribution in [3.8, 4) is 5.88 Å². The molecule has 1 amide bonds. The van der Waals surface area contributed by atoms with Gasteiger partial charge in [-0.15, -0.1) is 11.8 Å². The van der Waals surface area contributed by atoms with Crippen molar-refractivity contribution in [2.75, 3.05) is 23.7 Å². The second-order valence-electron chi connectivity index (χ2n) is 11.5. The van der Waals surface area contributed by atoms with E-state index in [-0.39, 0.29) is 59.1 Å². The molecule has 1 fully saturated rings. The van der Waals surface area contributed by atoms with Crippen LogP contribution < -0.4 is 15.3 Å². The maximum Gasteiger partial charge on any atom is 0.417 e. The summed E-state index contributed by atoms with van der Waals surface area (Å²) in [7, 11) is 0. The topological polar surface area (TPSA) is 89.8 Å². The number of alkyl halides is 3. The molecule has 226 valence electrons. The number of piperazine rings is 1. The molecule has 0 saturated carbocycles. The largest absolute Gasteiger partial charge is 0.472 e. The third-order valence-electron chi connectivity index (χ3n) is 6.99. The van der Waals surface area contributed by atoms with Crippen molar-refractivity contribution < 1.29 is 27.4 Å². The molecule has 0 bridgehead atoms. The van der Waals surface area contributed by atoms with Gasteiger partial charge in [0, 0.05) is 36.5 Å². The van der Waals surface area contributed by atoms with E-state index in [2.05, 4.69) is 9.97 Å². The molecule has 4 heterocycles. The van der Waals surface area contributed by atoms with Crippen LogP contribution in [0.25, 0.3) is 10.9 Å². The minimum absolute atomic E-state index is 0.0418. The molecule has 1 saturated heterocycles. The van der Waals surface area contributed by atoms with Gasteiger partial charge in [-0.25, -0.2) is 14.6 Å². The van der Waals surface area contributed by atoms with Gasteiger partial charge in [0.05, 0.1) is 39.6 Å². The number of anilines is 1. The maximum atomic E-state index is 14.2. The minimum atomic E-state index is -4.74. The molecule has 5 rings (SSSR count). The first kappa shape index (κ1) is 30.3. The van der Waals surface area contributed by atoms with Gasteiger partial charge in [-0.3, -0.25) is 9.47 Å². The van der Waals surface area contributed by atoms with E-state index in [4.69, 9.17) is 21.1 Å². The number of carbonyl (C=O) groups excluding carboxylic acids is 1. The van der Waals surface area contributed by atoms with E-state index in [1.165, 1.54) is 4.57 Å². The quantitative estimate of drug-likeness (QED) is 0.358. The number of amides is 1. The Morgan fingerprint density at radius 1 is 1.12 bits per heavy atom. The SMILES string of the molecule is C[C@@H]1CN(c2nc(=O)n3c4c(c(Cl)c(C(F)(F)F)cc24)SC[C@@H](Oc2ccccn2)C3)C[C@H](C)N1C(=O)OC(C)(C)C. The Hall–Kier alpha value is -3.19. The molecule has 2 aromatic heterocycles. The number of rotatable bonds is 3. The molecule has 2 aliphatic rings. The Morgan fingerprint density at radius 2 is 1.81 bits per heavy atom. The zero-order valence-electron chi connectivity index (χ0n) is 23.7. The summed E-state index contributed by atoms with van der Waals surface area (Å²) < 4.78 is 55.6. The van der Waals surface area contributed by atoms with Crippen LogP contribution in [-0.4, -0.2) is 68.2 Å². The van der Waals surface area contributed by atoms with E-state index in [0.717, 1.165) is 17.8 Å². The molecule has 42 heavy (non-hydrogen) atoms. The second-order valence-corrected chi connectivity index (χ2v) is 12.9. The van der Waals surface area contributed by atoms with Gasteiger partial charge in [-0.05, 0) is 46.8 Å². The molecule has 0 spiro atoms. The zero-order valence-corrected chi connectivity index (χ0v) is 25.3. The van der Waals surface area contributed by atoms with Gasteiger partial charge in [-0.2, -0.15) is 18.2 Å². The summed E-state index contributed by atoms with van der Waals surface area (Å²) in [5, 5.41) is -0.322. The fourth-order valence-electron chi connectivity index (χ4n) is 5.38. The average molecular weight is 626 g/mol. The van der Waals surface area contributed by atoms with E-state index in [9.17, 15) is 22.8 Å². The second kappa shape index (κ2) is 11.1. The molecule has 3 aromatic rings. The predicted octanol–water partition coefficient (Wildman–Crippen LogP) is 5.85. The highest BCUT2D eigenvalue weighted by Crippen LogP contribution is 2.46. The lowest BCUT2D eigenvalue weighted by atomic mass is 10.1. The molecular weight excluding hydrogens is 595 g/mol. The number of pyridine rings is 1. The number of hydrogen-bond donors (Lipinski definition) is 0. The summed E-state index contributed by atoms with van der Waals surface area (Å²) in [6.07, 6.45) is -4.25. The van der Waals surface area contributed by atoms with Crippen LogP contribution in [0.15, 0.2) is 40.2 Å². The summed E-state index contributed by atoms with van der Waals surface area (Å²) in [4.78, 5) is 38.5. The number of hydrogen-bond acceptors (Lipinski definition) is 8. The molecule has 1 aromatic carbocycles. The van der Waals surface area contributed by atoms with E-state index in [1.54, 1.807) is 55.0 Å². The van der Waals surface area contributed by atoms with E-state index < -0.39 is 40.3 Å². The van der Waals surface area contributed by atoms with Gasteiger partial charge in [0.1, 0.15) is 17.5 Å². The summed E-state index contributed by atoms with van der Waals surface area (Å²) in [5.74, 6) is 0.670. The minimum Gasteiger partial charge on any atom is -0.472 e. The average Bonchev–Trinajstić information content (AvgIpc) is 3.06. The number of halogens is 4. The van der Waals surface area contributed by atoms with Crippen LogP contribution in [-0.2, 0) is 17.5 Å². The molecule has 0 aliphatic carbocycles. The molecule has 0 radical (unpaired) electrons. The van der Waals surface area contributed by atoms with Crippen LogP contribution in [0.2, 0.25) is 5.02 Å². The van der Waals surface area contributed by atoms with Crippen LogP contribution in [0, 0.1) is 0 Å². The van der Waals surface area contributed by atoms with Crippen molar-refractivity contribution in [3.63, 3.8) is 0 Å². The van der Waals surface area contributed by atoms with E-state index in [0.29, 0.717) is 5.88 Å². The monoisotopic (exact) mass is 625 g/mol. The molecule has 3 atom stereocenters. The van der Waals surface area contributed by atoms with Crippen LogP contribution in [0.4, 0.5) is 23.8 Å². The Morgan fingerprint density at radius 3 is 2.40 bits per heavy atom. The summed E-state index contributed by atoms with van der Waals surface area (Å²) in [6.45, 7) is 9.48. The molecule has 9 nitrogen and oxygen atoms in total. The van der Waals surface area contributed by atoms with Gasteiger partial charge in [0.2, 0.25) is 5.88 Å². The number of benzene rings is 1. The zero-order chi connectivity index (χ0) is 30.6. The summed E-state index contributed by atoms with van der Waals surface area (Å²) >= 11 is 7.50. The van der Waals surface area contributed by atoms with Gasteiger partial charge in [0.15, 0.2) is 0 Å². The van der Waals surface area contributed by atoms with Crippen molar-refractivity contribution >= 4 is 46.2 Å². The van der Waals surface area contributed by atoms with E-state index >= 15 is 0 Å². The fourth-order valence-corrected chi connectivity index (χ4v) is 6.91. The summed E-state index contributed by atoms with van der Waals surface area (Å²) in [6, 6.07) is 5.36. The van der Waals surface area contributed by atoms with Crippen molar-refractivity contribution in [1.82, 2.24) is 19.4 Å². The lowest BCUT2D eigenvalue weighted by Gasteiger charge is -2.45. The first-order valence-electron chi connectivity index (χ1n) is 13.4. The normalized spacial score (nSPS) is 21.3. The van der Waals surface area contributed by atoms with Gasteiger partial charge in [0.25, 0.3) is 0 Å². The lowest BCUT2D eigenvalue weighted by Crippen LogP contribution is -2.59. The number of nitrogens with zero attached hydrogens (tertiary/aromatic N) is 5. The Kier molecular flexibility index (Phi) is 8.03. The molecule has 14 heteroatoms. The standard InChI is InChI=1S/C28H31ClF3N5O4S/c1-15-11-35(12-16(2)37(15)26(39)41-27(3,4)5)24-18-10-19(28(30,31)32)21(29)23-22(18)36(25(38)34-24)13-17(14-42-23)40-20-8-6-7-9-33-20/h6-10,15-17H,11-14H2,1-5H3/t15-,16+,17-/m0/s1. The third-order valence-corrected chi connectivity index (χ3v) is 8.72. The molecule has 0 N–H and O–H groups in total. The smallest absolute Gasteiger partial charge is 0.417 e. The van der Waals surface area contributed by atoms with Gasteiger partial charge in [-0.1, -0.05) is 17.7 Å². The van der Waals surface area contributed by atoms with Crippen molar-refractivity contribution in [2.24, 2.45) is 0 Å². The van der Waals surface area contributed by atoms with Crippen molar-refractivity contribution in [3.05, 3.63) is 51.5 Å². The Balaban J connectivity index is 1.59. The van der Waals surface area contributed by atoms with Crippen LogP contribution in [0.1, 0.15) is 40.2 Å². The number of carbonyl (C=O) groups is 1. The maximum absolute atomic E-state index is 14.2. The van der Waals surface area contributed by atoms with Gasteiger partial charge >= 0.3 is 18.0 Å².